The van der Waals surface area contributed by atoms with Gasteiger partial charge in [0, 0.05) is 13.0 Å². The summed E-state index contributed by atoms with van der Waals surface area (Å²) in [5.74, 6) is -0.888. The molecule has 2 aromatic carbocycles. The Morgan fingerprint density at radius 1 is 1.12 bits per heavy atom. The van der Waals surface area contributed by atoms with Gasteiger partial charge in [-0.25, -0.2) is 4.39 Å². The average Bonchev–Trinajstić information content (AvgIpc) is 3.07. The van der Waals surface area contributed by atoms with Gasteiger partial charge < -0.3 is 24.1 Å². The van der Waals surface area contributed by atoms with E-state index in [1.165, 1.54) is 23.1 Å². The van der Waals surface area contributed by atoms with E-state index in [2.05, 4.69) is 0 Å². The number of nitrogens with zero attached hydrogens (tertiary/aromatic N) is 1. The quantitative estimate of drug-likeness (QED) is 0.629. The van der Waals surface area contributed by atoms with Crippen molar-refractivity contribution in [1.82, 2.24) is 4.90 Å². The molecule has 7 nitrogen and oxygen atoms in total. The number of quaternary nitrogens is 1. The van der Waals surface area contributed by atoms with Crippen LogP contribution in [-0.4, -0.2) is 55.3 Å². The summed E-state index contributed by atoms with van der Waals surface area (Å²) in [6.07, 6.45) is 0.743. The Bertz CT molecular complexity index is 1230. The number of carbonyl (C=O) groups is 1. The molecule has 0 bridgehead atoms. The lowest BCUT2D eigenvalue weighted by Gasteiger charge is -2.27. The van der Waals surface area contributed by atoms with Crippen LogP contribution in [0.1, 0.15) is 34.1 Å². The van der Waals surface area contributed by atoms with Gasteiger partial charge in [0.15, 0.2) is 5.43 Å². The van der Waals surface area contributed by atoms with Gasteiger partial charge in [-0.2, -0.15) is 0 Å². The Morgan fingerprint density at radius 2 is 1.94 bits per heavy atom. The third kappa shape index (κ3) is 3.65. The minimum Gasteiger partial charge on any atom is -0.508 e. The number of phenolic OH excluding ortho intramolecular Hbond substituents is 1. The highest BCUT2D eigenvalue weighted by molar-refractivity contribution is 5.99. The first-order valence-corrected chi connectivity index (χ1v) is 10.8. The standard InChI is InChI=1S/C24H23FN2O5/c25-16-5-6-19-18(14-16)22(29)20-21(15-3-1-4-17(28)13-15)27(24(30)23(20)32-19)8-2-7-26-9-11-31-12-10-26/h1,3-6,13-14,21,28H,2,7-12H2/p+1. The second kappa shape index (κ2) is 8.37. The van der Waals surface area contributed by atoms with E-state index in [0.717, 1.165) is 45.3 Å². The van der Waals surface area contributed by atoms with Crippen molar-refractivity contribution in [2.24, 2.45) is 0 Å². The van der Waals surface area contributed by atoms with E-state index in [-0.39, 0.29) is 33.9 Å². The van der Waals surface area contributed by atoms with Gasteiger partial charge in [-0.1, -0.05) is 12.1 Å². The number of phenols is 1. The number of halogens is 1. The molecular weight excluding hydrogens is 415 g/mol. The van der Waals surface area contributed by atoms with E-state index < -0.39 is 17.3 Å². The van der Waals surface area contributed by atoms with Crippen LogP contribution in [0.25, 0.3) is 11.0 Å². The van der Waals surface area contributed by atoms with Crippen LogP contribution in [0.3, 0.4) is 0 Å². The zero-order chi connectivity index (χ0) is 22.2. The van der Waals surface area contributed by atoms with Crippen molar-refractivity contribution in [1.29, 1.82) is 0 Å². The molecule has 0 aliphatic carbocycles. The summed E-state index contributed by atoms with van der Waals surface area (Å²) in [6.45, 7) is 4.64. The number of hydrogen-bond donors (Lipinski definition) is 2. The van der Waals surface area contributed by atoms with Crippen molar-refractivity contribution in [3.8, 4) is 5.75 Å². The number of rotatable bonds is 5. The SMILES string of the molecule is O=C1c2oc3ccc(F)cc3c(=O)c2C(c2cccc(O)c2)N1CCC[NH+]1CCOCC1. The Kier molecular flexibility index (Phi) is 5.40. The van der Waals surface area contributed by atoms with Crippen molar-refractivity contribution >= 4 is 16.9 Å². The second-order valence-corrected chi connectivity index (χ2v) is 8.28. The largest absolute Gasteiger partial charge is 0.508 e. The predicted molar refractivity (Wildman–Crippen MR) is 114 cm³/mol. The minimum atomic E-state index is -0.701. The molecule has 1 aromatic heterocycles. The number of benzene rings is 2. The smallest absolute Gasteiger partial charge is 0.290 e. The molecule has 1 fully saturated rings. The molecule has 1 atom stereocenters. The van der Waals surface area contributed by atoms with Crippen molar-refractivity contribution in [2.45, 2.75) is 12.5 Å². The summed E-state index contributed by atoms with van der Waals surface area (Å²) in [4.78, 5) is 29.8. The first-order chi connectivity index (χ1) is 15.5. The van der Waals surface area contributed by atoms with Crippen LogP contribution in [-0.2, 0) is 4.74 Å². The number of fused-ring (bicyclic) bond motifs is 2. The molecule has 1 saturated heterocycles. The molecule has 8 heteroatoms. The molecule has 2 aliphatic rings. The number of amides is 1. The summed E-state index contributed by atoms with van der Waals surface area (Å²) in [7, 11) is 0. The fourth-order valence-corrected chi connectivity index (χ4v) is 4.67. The lowest BCUT2D eigenvalue weighted by Crippen LogP contribution is -3.14. The van der Waals surface area contributed by atoms with Gasteiger partial charge in [-0.05, 0) is 35.9 Å². The molecule has 0 radical (unpaired) electrons. The van der Waals surface area contributed by atoms with Gasteiger partial charge in [0.1, 0.15) is 30.2 Å². The zero-order valence-electron chi connectivity index (χ0n) is 17.5. The minimum absolute atomic E-state index is 0.0128. The topological polar surface area (TPSA) is 84.4 Å². The summed E-state index contributed by atoms with van der Waals surface area (Å²) >= 11 is 0. The summed E-state index contributed by atoms with van der Waals surface area (Å²) in [5.41, 5.74) is 0.554. The molecule has 32 heavy (non-hydrogen) atoms. The van der Waals surface area contributed by atoms with E-state index in [0.29, 0.717) is 12.1 Å². The maximum absolute atomic E-state index is 13.8. The van der Waals surface area contributed by atoms with Crippen LogP contribution in [0.5, 0.6) is 5.75 Å². The van der Waals surface area contributed by atoms with Gasteiger partial charge in [-0.3, -0.25) is 9.59 Å². The van der Waals surface area contributed by atoms with Crippen LogP contribution in [0.4, 0.5) is 4.39 Å². The normalized spacial score (nSPS) is 19.0. The molecule has 166 valence electrons. The molecule has 0 spiro atoms. The maximum atomic E-state index is 13.8. The molecule has 2 aliphatic heterocycles. The first-order valence-electron chi connectivity index (χ1n) is 10.8. The summed E-state index contributed by atoms with van der Waals surface area (Å²) in [5, 5.41) is 10.1. The molecule has 0 saturated carbocycles. The van der Waals surface area contributed by atoms with E-state index >= 15 is 0 Å². The molecule has 2 N–H and O–H groups in total. The fraction of sp³-hybridized carbons (Fsp3) is 0.333. The lowest BCUT2D eigenvalue weighted by atomic mass is 9.98. The average molecular weight is 439 g/mol. The second-order valence-electron chi connectivity index (χ2n) is 8.28. The van der Waals surface area contributed by atoms with Crippen LogP contribution in [0, 0.1) is 5.82 Å². The monoisotopic (exact) mass is 439 g/mol. The summed E-state index contributed by atoms with van der Waals surface area (Å²) < 4.78 is 25.1. The maximum Gasteiger partial charge on any atom is 0.290 e. The van der Waals surface area contributed by atoms with Crippen molar-refractivity contribution in [3.05, 3.63) is 75.4 Å². The van der Waals surface area contributed by atoms with Gasteiger partial charge in [0.05, 0.1) is 36.8 Å². The number of aromatic hydroxyl groups is 1. The Labute approximate surface area is 183 Å². The zero-order valence-corrected chi connectivity index (χ0v) is 17.5. The van der Waals surface area contributed by atoms with E-state index in [4.69, 9.17) is 9.15 Å². The lowest BCUT2D eigenvalue weighted by molar-refractivity contribution is -0.908. The summed E-state index contributed by atoms with van der Waals surface area (Å²) in [6, 6.07) is 9.52. The number of ether oxygens (including phenoxy) is 1. The molecular formula is C24H24FN2O5+. The van der Waals surface area contributed by atoms with Gasteiger partial charge in [0.2, 0.25) is 5.76 Å². The van der Waals surface area contributed by atoms with Gasteiger partial charge in [0.25, 0.3) is 5.91 Å². The molecule has 3 aromatic rings. The third-order valence-electron chi connectivity index (χ3n) is 6.24. The highest BCUT2D eigenvalue weighted by Crippen LogP contribution is 2.38. The van der Waals surface area contributed by atoms with Crippen LogP contribution in [0.15, 0.2) is 51.7 Å². The Morgan fingerprint density at radius 3 is 2.72 bits per heavy atom. The Hall–Kier alpha value is -3.23. The Balaban J connectivity index is 1.54. The number of nitrogens with one attached hydrogen (secondary N) is 1. The first kappa shape index (κ1) is 20.7. The van der Waals surface area contributed by atoms with Crippen molar-refractivity contribution in [2.75, 3.05) is 39.4 Å². The van der Waals surface area contributed by atoms with Gasteiger partial charge in [-0.15, -0.1) is 0 Å². The van der Waals surface area contributed by atoms with Gasteiger partial charge >= 0.3 is 0 Å². The highest BCUT2D eigenvalue weighted by Gasteiger charge is 2.42. The highest BCUT2D eigenvalue weighted by atomic mass is 19.1. The number of carbonyl (C=O) groups excluding carboxylic acids is 1. The molecule has 1 unspecified atom stereocenters. The molecule has 1 amide bonds. The van der Waals surface area contributed by atoms with E-state index in [1.807, 2.05) is 0 Å². The van der Waals surface area contributed by atoms with Crippen LogP contribution in [0.2, 0.25) is 0 Å². The van der Waals surface area contributed by atoms with Crippen LogP contribution < -0.4 is 10.3 Å². The predicted octanol–water partition coefficient (Wildman–Crippen LogP) is 1.49. The number of morpholine rings is 1. The number of hydrogen-bond acceptors (Lipinski definition) is 5. The van der Waals surface area contributed by atoms with Crippen molar-refractivity contribution in [3.63, 3.8) is 0 Å². The van der Waals surface area contributed by atoms with Crippen molar-refractivity contribution < 1.29 is 28.3 Å². The molecule has 5 rings (SSSR count). The van der Waals surface area contributed by atoms with E-state index in [1.54, 1.807) is 23.1 Å². The molecule has 3 heterocycles. The van der Waals surface area contributed by atoms with E-state index in [9.17, 15) is 19.1 Å². The van der Waals surface area contributed by atoms with Crippen LogP contribution >= 0.6 is 0 Å². The fourth-order valence-electron chi connectivity index (χ4n) is 4.67. The third-order valence-corrected chi connectivity index (χ3v) is 6.24.